The zero-order chi connectivity index (χ0) is 12.3. The standard InChI is InChI=1S/C14H22N2O/c1-3-14-11(6-7-17-14)9-16-13-8-12(15)5-4-10(13)2/h4-5,8,11,14,16H,3,6-7,9,15H2,1-2H3. The van der Waals surface area contributed by atoms with Gasteiger partial charge in [0.25, 0.3) is 0 Å². The second kappa shape index (κ2) is 5.41. The van der Waals surface area contributed by atoms with E-state index in [0.717, 1.165) is 37.4 Å². The Hall–Kier alpha value is -1.22. The second-order valence-corrected chi connectivity index (χ2v) is 4.82. The quantitative estimate of drug-likeness (QED) is 0.787. The van der Waals surface area contributed by atoms with E-state index in [1.807, 2.05) is 12.1 Å². The summed E-state index contributed by atoms with van der Waals surface area (Å²) in [5.74, 6) is 0.626. The van der Waals surface area contributed by atoms with Gasteiger partial charge in [-0.05, 0) is 37.5 Å². The molecule has 1 fully saturated rings. The normalized spacial score (nSPS) is 23.9. The van der Waals surface area contributed by atoms with Crippen molar-refractivity contribution in [2.45, 2.75) is 32.8 Å². The molecular formula is C14H22N2O. The van der Waals surface area contributed by atoms with Gasteiger partial charge in [-0.15, -0.1) is 0 Å². The van der Waals surface area contributed by atoms with Gasteiger partial charge in [0.15, 0.2) is 0 Å². The van der Waals surface area contributed by atoms with Crippen LogP contribution in [0.3, 0.4) is 0 Å². The molecule has 94 valence electrons. The van der Waals surface area contributed by atoms with Crippen molar-refractivity contribution in [1.82, 2.24) is 0 Å². The molecule has 0 bridgehead atoms. The van der Waals surface area contributed by atoms with Gasteiger partial charge in [-0.25, -0.2) is 0 Å². The molecule has 0 aliphatic carbocycles. The maximum Gasteiger partial charge on any atom is 0.0618 e. The predicted molar refractivity (Wildman–Crippen MR) is 72.2 cm³/mol. The van der Waals surface area contributed by atoms with Gasteiger partial charge in [0.1, 0.15) is 0 Å². The number of hydrogen-bond donors (Lipinski definition) is 2. The lowest BCUT2D eigenvalue weighted by Gasteiger charge is -2.19. The third-order valence-electron chi connectivity index (χ3n) is 3.57. The molecule has 3 N–H and O–H groups in total. The van der Waals surface area contributed by atoms with Gasteiger partial charge in [-0.1, -0.05) is 13.0 Å². The molecule has 1 heterocycles. The first-order valence-corrected chi connectivity index (χ1v) is 6.42. The van der Waals surface area contributed by atoms with Gasteiger partial charge >= 0.3 is 0 Å². The third-order valence-corrected chi connectivity index (χ3v) is 3.57. The molecule has 3 nitrogen and oxygen atoms in total. The monoisotopic (exact) mass is 234 g/mol. The van der Waals surface area contributed by atoms with Gasteiger partial charge in [0.05, 0.1) is 6.10 Å². The van der Waals surface area contributed by atoms with E-state index in [1.165, 1.54) is 5.56 Å². The third kappa shape index (κ3) is 2.91. The number of rotatable bonds is 4. The molecule has 1 aliphatic heterocycles. The highest BCUT2D eigenvalue weighted by Gasteiger charge is 2.26. The van der Waals surface area contributed by atoms with E-state index in [1.54, 1.807) is 0 Å². The summed E-state index contributed by atoms with van der Waals surface area (Å²) < 4.78 is 5.69. The number of aryl methyl sites for hydroxylation is 1. The van der Waals surface area contributed by atoms with Crippen molar-refractivity contribution >= 4 is 11.4 Å². The summed E-state index contributed by atoms with van der Waals surface area (Å²) in [7, 11) is 0. The number of hydrogen-bond acceptors (Lipinski definition) is 3. The number of anilines is 2. The van der Waals surface area contributed by atoms with Crippen LogP contribution in [0.25, 0.3) is 0 Å². The van der Waals surface area contributed by atoms with Crippen molar-refractivity contribution in [3.05, 3.63) is 23.8 Å². The minimum absolute atomic E-state index is 0.420. The fourth-order valence-corrected chi connectivity index (χ4v) is 2.45. The van der Waals surface area contributed by atoms with Gasteiger partial charge in [0.2, 0.25) is 0 Å². The van der Waals surface area contributed by atoms with E-state index < -0.39 is 0 Å². The Labute approximate surface area is 103 Å². The van der Waals surface area contributed by atoms with Crippen LogP contribution in [0, 0.1) is 12.8 Å². The molecule has 3 heteroatoms. The first-order chi connectivity index (χ1) is 8.20. The lowest BCUT2D eigenvalue weighted by atomic mass is 9.99. The van der Waals surface area contributed by atoms with Gasteiger partial charge in [-0.2, -0.15) is 0 Å². The summed E-state index contributed by atoms with van der Waals surface area (Å²) in [5, 5.41) is 3.50. The fourth-order valence-electron chi connectivity index (χ4n) is 2.45. The molecule has 0 saturated carbocycles. The van der Waals surface area contributed by atoms with Crippen molar-refractivity contribution in [2.24, 2.45) is 5.92 Å². The van der Waals surface area contributed by atoms with Crippen molar-refractivity contribution in [1.29, 1.82) is 0 Å². The van der Waals surface area contributed by atoms with Crippen LogP contribution in [0.1, 0.15) is 25.3 Å². The fraction of sp³-hybridized carbons (Fsp3) is 0.571. The molecule has 0 radical (unpaired) electrons. The van der Waals surface area contributed by atoms with Gasteiger partial charge < -0.3 is 15.8 Å². The largest absolute Gasteiger partial charge is 0.399 e. The minimum atomic E-state index is 0.420. The van der Waals surface area contributed by atoms with Crippen LogP contribution in [0.4, 0.5) is 11.4 Å². The summed E-state index contributed by atoms with van der Waals surface area (Å²) in [5.41, 5.74) is 9.00. The highest BCUT2D eigenvalue weighted by atomic mass is 16.5. The number of ether oxygens (including phenoxy) is 1. The highest BCUT2D eigenvalue weighted by Crippen LogP contribution is 2.25. The van der Waals surface area contributed by atoms with Crippen molar-refractivity contribution < 1.29 is 4.74 Å². The van der Waals surface area contributed by atoms with Gasteiger partial charge in [0, 0.05) is 30.4 Å². The smallest absolute Gasteiger partial charge is 0.0618 e. The summed E-state index contributed by atoms with van der Waals surface area (Å²) in [6, 6.07) is 6.00. The van der Waals surface area contributed by atoms with Crippen molar-refractivity contribution in [2.75, 3.05) is 24.2 Å². The van der Waals surface area contributed by atoms with E-state index in [0.29, 0.717) is 12.0 Å². The second-order valence-electron chi connectivity index (χ2n) is 4.82. The van der Waals surface area contributed by atoms with E-state index in [-0.39, 0.29) is 0 Å². The Kier molecular flexibility index (Phi) is 3.89. The molecule has 0 amide bonds. The van der Waals surface area contributed by atoms with E-state index >= 15 is 0 Å². The van der Waals surface area contributed by atoms with Crippen LogP contribution in [0.5, 0.6) is 0 Å². The SMILES string of the molecule is CCC1OCCC1CNc1cc(N)ccc1C. The van der Waals surface area contributed by atoms with E-state index in [4.69, 9.17) is 10.5 Å². The summed E-state index contributed by atoms with van der Waals surface area (Å²) in [6.07, 6.45) is 2.68. The van der Waals surface area contributed by atoms with Crippen LogP contribution in [0.15, 0.2) is 18.2 Å². The van der Waals surface area contributed by atoms with E-state index in [9.17, 15) is 0 Å². The molecule has 2 unspecified atom stereocenters. The topological polar surface area (TPSA) is 47.3 Å². The Bertz CT molecular complexity index is 378. The summed E-state index contributed by atoms with van der Waals surface area (Å²) in [6.45, 7) is 6.17. The number of benzene rings is 1. The lowest BCUT2D eigenvalue weighted by Crippen LogP contribution is -2.23. The van der Waals surface area contributed by atoms with Crippen LogP contribution in [-0.4, -0.2) is 19.3 Å². The summed E-state index contributed by atoms with van der Waals surface area (Å²) >= 11 is 0. The molecule has 2 atom stereocenters. The number of nitrogens with one attached hydrogen (secondary N) is 1. The molecule has 0 aromatic heterocycles. The Morgan fingerprint density at radius 1 is 1.47 bits per heavy atom. The first kappa shape index (κ1) is 12.2. The molecule has 1 aliphatic rings. The van der Waals surface area contributed by atoms with E-state index in [2.05, 4.69) is 25.2 Å². The minimum Gasteiger partial charge on any atom is -0.399 e. The molecular weight excluding hydrogens is 212 g/mol. The Morgan fingerprint density at radius 2 is 2.29 bits per heavy atom. The average Bonchev–Trinajstić information content (AvgIpc) is 2.77. The molecule has 17 heavy (non-hydrogen) atoms. The number of nitrogens with two attached hydrogens (primary N) is 1. The highest BCUT2D eigenvalue weighted by molar-refractivity contribution is 5.59. The maximum atomic E-state index is 5.80. The lowest BCUT2D eigenvalue weighted by molar-refractivity contribution is 0.0900. The average molecular weight is 234 g/mol. The number of nitrogen functional groups attached to an aromatic ring is 1. The summed E-state index contributed by atoms with van der Waals surface area (Å²) in [4.78, 5) is 0. The molecule has 1 aromatic rings. The molecule has 2 rings (SSSR count). The Balaban J connectivity index is 1.95. The predicted octanol–water partition coefficient (Wildman–Crippen LogP) is 2.80. The van der Waals surface area contributed by atoms with Crippen LogP contribution in [0.2, 0.25) is 0 Å². The van der Waals surface area contributed by atoms with Crippen LogP contribution >= 0.6 is 0 Å². The Morgan fingerprint density at radius 3 is 3.06 bits per heavy atom. The van der Waals surface area contributed by atoms with Crippen molar-refractivity contribution in [3.63, 3.8) is 0 Å². The zero-order valence-electron chi connectivity index (χ0n) is 10.7. The molecule has 0 spiro atoms. The molecule has 1 aromatic carbocycles. The van der Waals surface area contributed by atoms with Gasteiger partial charge in [-0.3, -0.25) is 0 Å². The first-order valence-electron chi connectivity index (χ1n) is 6.42. The van der Waals surface area contributed by atoms with Crippen molar-refractivity contribution in [3.8, 4) is 0 Å². The van der Waals surface area contributed by atoms with Crippen LogP contribution in [-0.2, 0) is 4.74 Å². The van der Waals surface area contributed by atoms with Crippen LogP contribution < -0.4 is 11.1 Å². The zero-order valence-corrected chi connectivity index (χ0v) is 10.7. The maximum absolute atomic E-state index is 5.80. The molecule has 1 saturated heterocycles.